The number of hydrogen-bond acceptors (Lipinski definition) is 4. The van der Waals surface area contributed by atoms with E-state index < -0.39 is 23.5 Å². The summed E-state index contributed by atoms with van der Waals surface area (Å²) in [6.07, 6.45) is -4.86. The van der Waals surface area contributed by atoms with E-state index in [4.69, 9.17) is 9.15 Å². The smallest absolute Gasteiger partial charge is 0.417 e. The van der Waals surface area contributed by atoms with Gasteiger partial charge in [-0.15, -0.1) is 0 Å². The molecule has 0 unspecified atom stereocenters. The van der Waals surface area contributed by atoms with Gasteiger partial charge in [0.1, 0.15) is 11.3 Å². The Labute approximate surface area is 169 Å². The molecule has 8 heteroatoms. The Bertz CT molecular complexity index is 1180. The minimum atomic E-state index is -4.70. The highest BCUT2D eigenvalue weighted by atomic mass is 19.4. The zero-order chi connectivity index (χ0) is 21.6. The molecule has 0 bridgehead atoms. The quantitative estimate of drug-likeness (QED) is 0.587. The first-order chi connectivity index (χ1) is 14.1. The third-order valence-electron chi connectivity index (χ3n) is 5.13. The van der Waals surface area contributed by atoms with Gasteiger partial charge in [-0.25, -0.2) is 4.79 Å². The topological polar surface area (TPSA) is 59.8 Å². The molecule has 0 spiro atoms. The lowest BCUT2D eigenvalue weighted by molar-refractivity contribution is -0.136. The lowest BCUT2D eigenvalue weighted by atomic mass is 10.1. The van der Waals surface area contributed by atoms with Gasteiger partial charge in [0, 0.05) is 29.2 Å². The zero-order valence-corrected chi connectivity index (χ0v) is 16.2. The van der Waals surface area contributed by atoms with Crippen LogP contribution in [0.15, 0.2) is 57.7 Å². The molecule has 1 aliphatic rings. The minimum Gasteiger partial charge on any atom is -0.481 e. The molecule has 5 nitrogen and oxygen atoms in total. The molecule has 0 aliphatic carbocycles. The van der Waals surface area contributed by atoms with E-state index in [9.17, 15) is 22.8 Å². The van der Waals surface area contributed by atoms with Crippen molar-refractivity contribution in [3.05, 3.63) is 70.1 Å². The fourth-order valence-corrected chi connectivity index (χ4v) is 3.80. The predicted octanol–water partition coefficient (Wildman–Crippen LogP) is 4.56. The molecule has 2 heterocycles. The van der Waals surface area contributed by atoms with Gasteiger partial charge in [-0.1, -0.05) is 18.2 Å². The molecular formula is C22H18F3NO4. The first-order valence-corrected chi connectivity index (χ1v) is 9.38. The molecule has 0 radical (unpaired) electrons. The van der Waals surface area contributed by atoms with Gasteiger partial charge in [-0.2, -0.15) is 13.2 Å². The Hall–Kier alpha value is -3.29. The van der Waals surface area contributed by atoms with E-state index >= 15 is 0 Å². The maximum atomic E-state index is 13.2. The van der Waals surface area contributed by atoms with E-state index in [2.05, 4.69) is 0 Å². The van der Waals surface area contributed by atoms with Crippen molar-refractivity contribution in [2.75, 3.05) is 4.90 Å². The molecule has 1 aromatic heterocycles. The second kappa shape index (κ2) is 7.19. The molecule has 0 saturated carbocycles. The predicted molar refractivity (Wildman–Crippen MR) is 105 cm³/mol. The number of benzene rings is 2. The molecule has 1 amide bonds. The van der Waals surface area contributed by atoms with Crippen LogP contribution in [0.5, 0.6) is 5.75 Å². The van der Waals surface area contributed by atoms with Crippen LogP contribution in [-0.2, 0) is 17.4 Å². The lowest BCUT2D eigenvalue weighted by Crippen LogP contribution is -2.43. The summed E-state index contributed by atoms with van der Waals surface area (Å²) in [5.74, 6) is -0.135. The standard InChI is InChI=1S/C22H18F3NO4/c1-12-9-14-5-3-4-6-18(14)26(12)21(28)13(2)29-15-7-8-16-17(22(23,24)25)11-20(27)30-19(16)10-15/h3-8,10-13H,9H2,1-2H3/t12-,13+/m1/s1. The Morgan fingerprint density at radius 1 is 1.20 bits per heavy atom. The Kier molecular flexibility index (Phi) is 4.80. The van der Waals surface area contributed by atoms with Gasteiger partial charge in [0.25, 0.3) is 5.91 Å². The average Bonchev–Trinajstić information content (AvgIpc) is 3.01. The van der Waals surface area contributed by atoms with Gasteiger partial charge >= 0.3 is 11.8 Å². The minimum absolute atomic E-state index is 0.0371. The number of halogens is 3. The van der Waals surface area contributed by atoms with Crippen LogP contribution in [0.25, 0.3) is 11.0 Å². The Morgan fingerprint density at radius 3 is 2.67 bits per heavy atom. The SMILES string of the molecule is C[C@H](Oc1ccc2c(C(F)(F)F)cc(=O)oc2c1)C(=O)N1c2ccccc2C[C@H]1C. The van der Waals surface area contributed by atoms with Gasteiger partial charge in [0.2, 0.25) is 0 Å². The fourth-order valence-electron chi connectivity index (χ4n) is 3.80. The van der Waals surface area contributed by atoms with Crippen molar-refractivity contribution in [1.82, 2.24) is 0 Å². The molecule has 30 heavy (non-hydrogen) atoms. The summed E-state index contributed by atoms with van der Waals surface area (Å²) in [6.45, 7) is 3.51. The van der Waals surface area contributed by atoms with Crippen molar-refractivity contribution in [3.63, 3.8) is 0 Å². The molecule has 156 valence electrons. The molecule has 2 atom stereocenters. The van der Waals surface area contributed by atoms with Crippen LogP contribution in [0.2, 0.25) is 0 Å². The van der Waals surface area contributed by atoms with Crippen molar-refractivity contribution in [2.45, 2.75) is 38.6 Å². The number of carbonyl (C=O) groups is 1. The number of para-hydroxylation sites is 1. The van der Waals surface area contributed by atoms with E-state index in [-0.39, 0.29) is 28.7 Å². The summed E-state index contributed by atoms with van der Waals surface area (Å²) in [5, 5.41) is -0.254. The van der Waals surface area contributed by atoms with Gasteiger partial charge < -0.3 is 14.1 Å². The molecule has 0 N–H and O–H groups in total. The maximum Gasteiger partial charge on any atom is 0.417 e. The second-order valence-electron chi connectivity index (χ2n) is 7.29. The summed E-state index contributed by atoms with van der Waals surface area (Å²) >= 11 is 0. The lowest BCUT2D eigenvalue weighted by Gasteiger charge is -2.26. The van der Waals surface area contributed by atoms with Gasteiger partial charge in [0.15, 0.2) is 6.10 Å². The van der Waals surface area contributed by atoms with Crippen molar-refractivity contribution in [1.29, 1.82) is 0 Å². The van der Waals surface area contributed by atoms with Crippen molar-refractivity contribution >= 4 is 22.6 Å². The number of carbonyl (C=O) groups excluding carboxylic acids is 1. The normalized spacial score (nSPS) is 17.1. The first-order valence-electron chi connectivity index (χ1n) is 9.38. The monoisotopic (exact) mass is 417 g/mol. The highest BCUT2D eigenvalue weighted by Crippen LogP contribution is 2.36. The van der Waals surface area contributed by atoms with Gasteiger partial charge in [-0.3, -0.25) is 4.79 Å². The average molecular weight is 417 g/mol. The molecule has 2 aromatic carbocycles. The number of hydrogen-bond donors (Lipinski definition) is 0. The van der Waals surface area contributed by atoms with Crippen molar-refractivity contribution in [3.8, 4) is 5.75 Å². The van der Waals surface area contributed by atoms with E-state index in [1.807, 2.05) is 31.2 Å². The number of rotatable bonds is 3. The van der Waals surface area contributed by atoms with Crippen LogP contribution in [0.4, 0.5) is 18.9 Å². The molecular weight excluding hydrogens is 399 g/mol. The van der Waals surface area contributed by atoms with Crippen LogP contribution in [-0.4, -0.2) is 18.1 Å². The van der Waals surface area contributed by atoms with Crippen LogP contribution < -0.4 is 15.3 Å². The van der Waals surface area contributed by atoms with E-state index in [1.165, 1.54) is 18.2 Å². The second-order valence-corrected chi connectivity index (χ2v) is 7.29. The fraction of sp³-hybridized carbons (Fsp3) is 0.273. The molecule has 0 saturated heterocycles. The number of anilines is 1. The van der Waals surface area contributed by atoms with Crippen LogP contribution in [0.1, 0.15) is 25.0 Å². The van der Waals surface area contributed by atoms with Gasteiger partial charge in [-0.05, 0) is 44.0 Å². The molecule has 1 aliphatic heterocycles. The summed E-state index contributed by atoms with van der Waals surface area (Å²) in [4.78, 5) is 26.2. The Morgan fingerprint density at radius 2 is 1.93 bits per heavy atom. The van der Waals surface area contributed by atoms with Crippen molar-refractivity contribution < 1.29 is 27.1 Å². The summed E-state index contributed by atoms with van der Waals surface area (Å²) in [5.41, 5.74) is -0.556. The Balaban J connectivity index is 1.61. The van der Waals surface area contributed by atoms with Crippen LogP contribution in [0.3, 0.4) is 0 Å². The summed E-state index contributed by atoms with van der Waals surface area (Å²) in [6, 6.07) is 11.7. The van der Waals surface area contributed by atoms with E-state index in [0.717, 1.165) is 17.7 Å². The van der Waals surface area contributed by atoms with Crippen LogP contribution >= 0.6 is 0 Å². The van der Waals surface area contributed by atoms with Gasteiger partial charge in [0.05, 0.1) is 5.56 Å². The number of amides is 1. The summed E-state index contributed by atoms with van der Waals surface area (Å²) < 4.78 is 50.2. The number of fused-ring (bicyclic) bond motifs is 2. The number of nitrogens with zero attached hydrogens (tertiary/aromatic N) is 1. The summed E-state index contributed by atoms with van der Waals surface area (Å²) in [7, 11) is 0. The third-order valence-corrected chi connectivity index (χ3v) is 5.13. The highest BCUT2D eigenvalue weighted by Gasteiger charge is 2.35. The first kappa shape index (κ1) is 20.0. The number of alkyl halides is 3. The molecule has 4 rings (SSSR count). The van der Waals surface area contributed by atoms with E-state index in [1.54, 1.807) is 11.8 Å². The van der Waals surface area contributed by atoms with E-state index in [0.29, 0.717) is 6.07 Å². The largest absolute Gasteiger partial charge is 0.481 e. The number of ether oxygens (including phenoxy) is 1. The van der Waals surface area contributed by atoms with Crippen LogP contribution in [0, 0.1) is 0 Å². The third kappa shape index (κ3) is 3.53. The highest BCUT2D eigenvalue weighted by molar-refractivity contribution is 5.99. The maximum absolute atomic E-state index is 13.2. The molecule has 3 aromatic rings. The zero-order valence-electron chi connectivity index (χ0n) is 16.2. The molecule has 0 fully saturated rings. The van der Waals surface area contributed by atoms with Crippen molar-refractivity contribution in [2.24, 2.45) is 0 Å².